The number of hydrogen-bond acceptors (Lipinski definition) is 4. The van der Waals surface area contributed by atoms with Gasteiger partial charge < -0.3 is 10.5 Å². The molecule has 1 atom stereocenters. The van der Waals surface area contributed by atoms with Gasteiger partial charge in [0, 0.05) is 0 Å². The Labute approximate surface area is 93.5 Å². The third kappa shape index (κ3) is 2.04. The van der Waals surface area contributed by atoms with Gasteiger partial charge >= 0.3 is 0 Å². The van der Waals surface area contributed by atoms with Crippen LogP contribution in [0.25, 0.3) is 0 Å². The smallest absolute Gasteiger partial charge is 0.265 e. The zero-order valence-electron chi connectivity index (χ0n) is 8.96. The number of carbonyl (C=O) groups excluding carboxylic acids is 1. The minimum absolute atomic E-state index is 0.171. The van der Waals surface area contributed by atoms with Crippen molar-refractivity contribution in [3.05, 3.63) is 29.8 Å². The molecule has 16 heavy (non-hydrogen) atoms. The molecule has 2 N–H and O–H groups in total. The Bertz CT molecular complexity index is 414. The number of hydrazone groups is 1. The second kappa shape index (κ2) is 4.32. The second-order valence-electron chi connectivity index (χ2n) is 3.53. The van der Waals surface area contributed by atoms with E-state index in [1.807, 2.05) is 24.3 Å². The Morgan fingerprint density at radius 3 is 2.62 bits per heavy atom. The van der Waals surface area contributed by atoms with Crippen LogP contribution in [0.5, 0.6) is 5.75 Å². The van der Waals surface area contributed by atoms with Crippen molar-refractivity contribution >= 4 is 12.1 Å². The predicted octanol–water partition coefficient (Wildman–Crippen LogP) is 0.350. The van der Waals surface area contributed by atoms with Crippen molar-refractivity contribution in [3.63, 3.8) is 0 Å². The third-order valence-electron chi connectivity index (χ3n) is 2.40. The molecule has 1 heterocycles. The van der Waals surface area contributed by atoms with Crippen molar-refractivity contribution in [3.8, 4) is 5.75 Å². The van der Waals surface area contributed by atoms with Gasteiger partial charge in [-0.2, -0.15) is 5.10 Å². The number of nitrogens with zero attached hydrogens (tertiary/aromatic N) is 2. The molecule has 0 saturated heterocycles. The maximum atomic E-state index is 11.5. The summed E-state index contributed by atoms with van der Waals surface area (Å²) in [4.78, 5) is 11.5. The SMILES string of the molecule is COc1ccc(CN2N=CC(N)C2=O)cc1. The number of carbonyl (C=O) groups is 1. The molecular weight excluding hydrogens is 206 g/mol. The maximum absolute atomic E-state index is 11.5. The molecular formula is C11H13N3O2. The highest BCUT2D eigenvalue weighted by Gasteiger charge is 2.24. The lowest BCUT2D eigenvalue weighted by molar-refractivity contribution is -0.130. The lowest BCUT2D eigenvalue weighted by atomic mass is 10.2. The summed E-state index contributed by atoms with van der Waals surface area (Å²) < 4.78 is 5.05. The quantitative estimate of drug-likeness (QED) is 0.797. The summed E-state index contributed by atoms with van der Waals surface area (Å²) >= 11 is 0. The average Bonchev–Trinajstić information content (AvgIpc) is 2.62. The van der Waals surface area contributed by atoms with Gasteiger partial charge in [-0.25, -0.2) is 5.01 Å². The monoisotopic (exact) mass is 219 g/mol. The molecule has 84 valence electrons. The maximum Gasteiger partial charge on any atom is 0.265 e. The molecule has 0 radical (unpaired) electrons. The molecule has 1 amide bonds. The van der Waals surface area contributed by atoms with E-state index in [0.29, 0.717) is 6.54 Å². The van der Waals surface area contributed by atoms with E-state index in [1.54, 1.807) is 7.11 Å². The Morgan fingerprint density at radius 1 is 1.44 bits per heavy atom. The Morgan fingerprint density at radius 2 is 2.12 bits per heavy atom. The zero-order chi connectivity index (χ0) is 11.5. The summed E-state index contributed by atoms with van der Waals surface area (Å²) in [6.07, 6.45) is 1.45. The first kappa shape index (κ1) is 10.6. The van der Waals surface area contributed by atoms with Crippen molar-refractivity contribution in [2.45, 2.75) is 12.6 Å². The molecule has 0 saturated carbocycles. The van der Waals surface area contributed by atoms with Crippen LogP contribution in [-0.4, -0.2) is 30.3 Å². The van der Waals surface area contributed by atoms with E-state index in [2.05, 4.69) is 5.10 Å². The number of ether oxygens (including phenoxy) is 1. The summed E-state index contributed by atoms with van der Waals surface area (Å²) in [6.45, 7) is 0.438. The highest BCUT2D eigenvalue weighted by atomic mass is 16.5. The van der Waals surface area contributed by atoms with E-state index < -0.39 is 6.04 Å². The minimum Gasteiger partial charge on any atom is -0.497 e. The van der Waals surface area contributed by atoms with Gasteiger partial charge in [-0.15, -0.1) is 0 Å². The van der Waals surface area contributed by atoms with Crippen molar-refractivity contribution in [2.24, 2.45) is 10.8 Å². The molecule has 0 fully saturated rings. The van der Waals surface area contributed by atoms with Crippen LogP contribution in [0.3, 0.4) is 0 Å². The standard InChI is InChI=1S/C11H13N3O2/c1-16-9-4-2-8(3-5-9)7-14-11(15)10(12)6-13-14/h2-6,10H,7,12H2,1H3. The summed E-state index contributed by atoms with van der Waals surface area (Å²) in [6, 6.07) is 6.88. The molecule has 1 unspecified atom stereocenters. The van der Waals surface area contributed by atoms with Gasteiger partial charge in [0.15, 0.2) is 0 Å². The first-order chi connectivity index (χ1) is 7.70. The van der Waals surface area contributed by atoms with Crippen LogP contribution >= 0.6 is 0 Å². The molecule has 0 bridgehead atoms. The summed E-state index contributed by atoms with van der Waals surface area (Å²) in [5.74, 6) is 0.618. The first-order valence-electron chi connectivity index (χ1n) is 4.94. The average molecular weight is 219 g/mol. The van der Waals surface area contributed by atoms with Gasteiger partial charge in [-0.1, -0.05) is 12.1 Å². The fraction of sp³-hybridized carbons (Fsp3) is 0.273. The molecule has 5 heteroatoms. The van der Waals surface area contributed by atoms with Crippen LogP contribution in [0, 0.1) is 0 Å². The Balaban J connectivity index is 2.04. The van der Waals surface area contributed by atoms with E-state index in [4.69, 9.17) is 10.5 Å². The number of benzene rings is 1. The summed E-state index contributed by atoms with van der Waals surface area (Å²) in [7, 11) is 1.61. The van der Waals surface area contributed by atoms with Crippen molar-refractivity contribution in [1.82, 2.24) is 5.01 Å². The number of methoxy groups -OCH3 is 1. The van der Waals surface area contributed by atoms with Crippen LogP contribution in [0.4, 0.5) is 0 Å². The molecule has 0 aromatic heterocycles. The minimum atomic E-state index is -0.599. The molecule has 5 nitrogen and oxygen atoms in total. The summed E-state index contributed by atoms with van der Waals surface area (Å²) in [5, 5.41) is 5.31. The molecule has 1 aromatic carbocycles. The van der Waals surface area contributed by atoms with Gasteiger partial charge in [-0.3, -0.25) is 4.79 Å². The predicted molar refractivity (Wildman–Crippen MR) is 60.0 cm³/mol. The van der Waals surface area contributed by atoms with Crippen LogP contribution in [0.2, 0.25) is 0 Å². The van der Waals surface area contributed by atoms with Crippen LogP contribution in [-0.2, 0) is 11.3 Å². The highest BCUT2D eigenvalue weighted by molar-refractivity contribution is 6.00. The largest absolute Gasteiger partial charge is 0.497 e. The fourth-order valence-corrected chi connectivity index (χ4v) is 1.47. The summed E-state index contributed by atoms with van der Waals surface area (Å²) in [5.41, 5.74) is 6.49. The van der Waals surface area contributed by atoms with E-state index >= 15 is 0 Å². The Hall–Kier alpha value is -1.88. The molecule has 1 aliphatic heterocycles. The fourth-order valence-electron chi connectivity index (χ4n) is 1.47. The van der Waals surface area contributed by atoms with E-state index in [1.165, 1.54) is 11.2 Å². The van der Waals surface area contributed by atoms with Gasteiger partial charge in [0.25, 0.3) is 5.91 Å². The number of rotatable bonds is 3. The zero-order valence-corrected chi connectivity index (χ0v) is 8.96. The van der Waals surface area contributed by atoms with E-state index in [0.717, 1.165) is 11.3 Å². The topological polar surface area (TPSA) is 67.9 Å². The van der Waals surface area contributed by atoms with Crippen LogP contribution in [0.15, 0.2) is 29.4 Å². The van der Waals surface area contributed by atoms with Gasteiger partial charge in [0.2, 0.25) is 0 Å². The Kier molecular flexibility index (Phi) is 2.87. The number of hydrogen-bond donors (Lipinski definition) is 1. The third-order valence-corrected chi connectivity index (χ3v) is 2.40. The number of nitrogens with two attached hydrogens (primary N) is 1. The van der Waals surface area contributed by atoms with Gasteiger partial charge in [0.1, 0.15) is 11.8 Å². The van der Waals surface area contributed by atoms with Crippen molar-refractivity contribution in [1.29, 1.82) is 0 Å². The second-order valence-corrected chi connectivity index (χ2v) is 3.53. The number of amides is 1. The van der Waals surface area contributed by atoms with Crippen molar-refractivity contribution in [2.75, 3.05) is 7.11 Å². The lowest BCUT2D eigenvalue weighted by Gasteiger charge is -2.12. The van der Waals surface area contributed by atoms with E-state index in [9.17, 15) is 4.79 Å². The van der Waals surface area contributed by atoms with Crippen molar-refractivity contribution < 1.29 is 9.53 Å². The normalized spacial score (nSPS) is 19.2. The van der Waals surface area contributed by atoms with Crippen LogP contribution in [0.1, 0.15) is 5.56 Å². The van der Waals surface area contributed by atoms with E-state index in [-0.39, 0.29) is 5.91 Å². The molecule has 2 rings (SSSR count). The highest BCUT2D eigenvalue weighted by Crippen LogP contribution is 2.14. The molecule has 0 spiro atoms. The van der Waals surface area contributed by atoms with Gasteiger partial charge in [0.05, 0.1) is 19.9 Å². The molecule has 0 aliphatic carbocycles. The first-order valence-corrected chi connectivity index (χ1v) is 4.94. The lowest BCUT2D eigenvalue weighted by Crippen LogP contribution is -2.35. The molecule has 1 aromatic rings. The molecule has 1 aliphatic rings. The van der Waals surface area contributed by atoms with Crippen LogP contribution < -0.4 is 10.5 Å². The van der Waals surface area contributed by atoms with Gasteiger partial charge in [-0.05, 0) is 17.7 Å².